The fourth-order valence-corrected chi connectivity index (χ4v) is 2.74. The highest BCUT2D eigenvalue weighted by molar-refractivity contribution is 7.85. The van der Waals surface area contributed by atoms with Gasteiger partial charge in [-0.05, 0) is 6.08 Å². The molecule has 0 saturated carbocycles. The van der Waals surface area contributed by atoms with Crippen LogP contribution in [-0.2, 0) is 22.2 Å². The van der Waals surface area contributed by atoms with Crippen molar-refractivity contribution < 1.29 is 17.5 Å². The van der Waals surface area contributed by atoms with E-state index in [1.54, 1.807) is 0 Å². The van der Waals surface area contributed by atoms with Crippen LogP contribution in [0, 0.1) is 0 Å². The van der Waals surface area contributed by atoms with E-state index in [0.717, 1.165) is 0 Å². The first-order valence-electron chi connectivity index (χ1n) is 3.32. The van der Waals surface area contributed by atoms with Crippen LogP contribution in [0.3, 0.4) is 0 Å². The van der Waals surface area contributed by atoms with Gasteiger partial charge in [-0.2, -0.15) is 0 Å². The zero-order valence-electron chi connectivity index (χ0n) is 6.41. The Morgan fingerprint density at radius 1 is 1.46 bits per heavy atom. The predicted octanol–water partition coefficient (Wildman–Crippen LogP) is 0.900. The minimum atomic E-state index is -2.08. The minimum Gasteiger partial charge on any atom is -0.306 e. The third kappa shape index (κ3) is 3.03. The van der Waals surface area contributed by atoms with E-state index in [0.29, 0.717) is 4.91 Å². The lowest BCUT2D eigenvalue weighted by atomic mass is 10.2. The highest BCUT2D eigenvalue weighted by Gasteiger charge is 2.21. The van der Waals surface area contributed by atoms with Gasteiger partial charge in [0.15, 0.2) is 22.2 Å². The molecule has 0 aromatic heterocycles. The molecule has 0 amide bonds. The number of thiol groups is 1. The molecule has 0 aromatic carbocycles. The maximum Gasteiger partial charge on any atom is 0.182 e. The standard InChI is InChI=1S/C6H8O4S3/c7-12(8)5-1-4(11)2-6(3-5)13(9)10/h1-2,5,11H,3H2,(H,7,8)(H,9,10). The molecule has 0 aliphatic heterocycles. The molecule has 2 N–H and O–H groups in total. The van der Waals surface area contributed by atoms with Crippen LogP contribution in [0.25, 0.3) is 0 Å². The Labute approximate surface area is 86.1 Å². The molecule has 0 radical (unpaired) electrons. The molecule has 3 unspecified atom stereocenters. The lowest BCUT2D eigenvalue weighted by Crippen LogP contribution is -2.17. The Morgan fingerprint density at radius 3 is 2.54 bits per heavy atom. The van der Waals surface area contributed by atoms with Gasteiger partial charge < -0.3 is 9.11 Å². The molecule has 1 aliphatic carbocycles. The van der Waals surface area contributed by atoms with Crippen LogP contribution < -0.4 is 0 Å². The van der Waals surface area contributed by atoms with E-state index in [1.165, 1.54) is 12.2 Å². The average Bonchev–Trinajstić information content (AvgIpc) is 2.03. The van der Waals surface area contributed by atoms with Crippen LogP contribution in [0.1, 0.15) is 6.42 Å². The van der Waals surface area contributed by atoms with Gasteiger partial charge >= 0.3 is 0 Å². The normalized spacial score (nSPS) is 27.5. The molecule has 0 spiro atoms. The Hall–Kier alpha value is 0.0500. The van der Waals surface area contributed by atoms with E-state index >= 15 is 0 Å². The van der Waals surface area contributed by atoms with E-state index < -0.39 is 27.4 Å². The van der Waals surface area contributed by atoms with Gasteiger partial charge in [0.05, 0.1) is 5.25 Å². The van der Waals surface area contributed by atoms with Crippen molar-refractivity contribution in [3.8, 4) is 0 Å². The van der Waals surface area contributed by atoms with Crippen molar-refractivity contribution in [3.63, 3.8) is 0 Å². The molecule has 7 heteroatoms. The summed E-state index contributed by atoms with van der Waals surface area (Å²) in [7, 11) is 0. The molecular formula is C6H8O4S3. The van der Waals surface area contributed by atoms with Crippen molar-refractivity contribution in [1.29, 1.82) is 0 Å². The van der Waals surface area contributed by atoms with Crippen molar-refractivity contribution in [3.05, 3.63) is 22.0 Å². The maximum atomic E-state index is 10.7. The van der Waals surface area contributed by atoms with Gasteiger partial charge in [-0.15, -0.1) is 12.6 Å². The molecular weight excluding hydrogens is 232 g/mol. The summed E-state index contributed by atoms with van der Waals surface area (Å²) in [5.41, 5.74) is 0. The first-order chi connectivity index (χ1) is 6.00. The molecule has 0 fully saturated rings. The van der Waals surface area contributed by atoms with E-state index in [1.807, 2.05) is 0 Å². The van der Waals surface area contributed by atoms with Crippen molar-refractivity contribution in [2.75, 3.05) is 0 Å². The van der Waals surface area contributed by atoms with Gasteiger partial charge in [-0.3, -0.25) is 0 Å². The first kappa shape index (κ1) is 11.1. The van der Waals surface area contributed by atoms with E-state index in [-0.39, 0.29) is 11.3 Å². The van der Waals surface area contributed by atoms with E-state index in [4.69, 9.17) is 9.11 Å². The molecule has 74 valence electrons. The van der Waals surface area contributed by atoms with Crippen molar-refractivity contribution in [1.82, 2.24) is 0 Å². The smallest absolute Gasteiger partial charge is 0.182 e. The lowest BCUT2D eigenvalue weighted by Gasteiger charge is -2.14. The van der Waals surface area contributed by atoms with E-state index in [2.05, 4.69) is 12.6 Å². The SMILES string of the molecule is O=S(O)C1=CC(S)=CC(S(=O)O)C1. The van der Waals surface area contributed by atoms with Crippen LogP contribution in [0.2, 0.25) is 0 Å². The minimum absolute atomic E-state index is 0.121. The van der Waals surface area contributed by atoms with Gasteiger partial charge in [-0.25, -0.2) is 8.42 Å². The number of rotatable bonds is 2. The molecule has 13 heavy (non-hydrogen) atoms. The number of hydrogen-bond donors (Lipinski definition) is 3. The third-order valence-corrected chi connectivity index (χ3v) is 3.38. The topological polar surface area (TPSA) is 74.6 Å². The van der Waals surface area contributed by atoms with Crippen LogP contribution in [0.4, 0.5) is 0 Å². The Morgan fingerprint density at radius 2 is 2.08 bits per heavy atom. The average molecular weight is 240 g/mol. The van der Waals surface area contributed by atoms with Crippen LogP contribution in [0.15, 0.2) is 22.0 Å². The second-order valence-corrected chi connectivity index (χ2v) is 5.17. The van der Waals surface area contributed by atoms with Gasteiger partial charge in [0.1, 0.15) is 0 Å². The lowest BCUT2D eigenvalue weighted by molar-refractivity contribution is 0.553. The maximum absolute atomic E-state index is 10.7. The fourth-order valence-electron chi connectivity index (χ4n) is 0.971. The summed E-state index contributed by atoms with van der Waals surface area (Å²) in [6, 6.07) is 0. The summed E-state index contributed by atoms with van der Waals surface area (Å²) in [5, 5.41) is -0.636. The second kappa shape index (κ2) is 4.52. The molecule has 0 aromatic rings. The van der Waals surface area contributed by atoms with Crippen LogP contribution >= 0.6 is 12.6 Å². The van der Waals surface area contributed by atoms with Crippen molar-refractivity contribution in [2.24, 2.45) is 0 Å². The van der Waals surface area contributed by atoms with Crippen LogP contribution in [0.5, 0.6) is 0 Å². The molecule has 1 rings (SSSR count). The largest absolute Gasteiger partial charge is 0.306 e. The molecule has 3 atom stereocenters. The van der Waals surface area contributed by atoms with Gasteiger partial charge in [0, 0.05) is 16.2 Å². The first-order valence-corrected chi connectivity index (χ1v) is 6.05. The zero-order valence-corrected chi connectivity index (χ0v) is 8.94. The molecule has 0 bridgehead atoms. The van der Waals surface area contributed by atoms with Crippen molar-refractivity contribution in [2.45, 2.75) is 11.7 Å². The van der Waals surface area contributed by atoms with Crippen molar-refractivity contribution >= 4 is 34.8 Å². The Kier molecular flexibility index (Phi) is 3.87. The highest BCUT2D eigenvalue weighted by Crippen LogP contribution is 2.24. The Balaban J connectivity index is 2.90. The Bertz CT molecular complexity index is 320. The number of allylic oxidation sites excluding steroid dienone is 2. The van der Waals surface area contributed by atoms with Gasteiger partial charge in [0.25, 0.3) is 0 Å². The van der Waals surface area contributed by atoms with Gasteiger partial charge in [-0.1, -0.05) is 6.08 Å². The quantitative estimate of drug-likeness (QED) is 0.495. The monoisotopic (exact) mass is 240 g/mol. The summed E-state index contributed by atoms with van der Waals surface area (Å²) in [6.07, 6.45) is 3.05. The molecule has 0 heterocycles. The zero-order chi connectivity index (χ0) is 10.0. The third-order valence-electron chi connectivity index (χ3n) is 1.55. The summed E-state index contributed by atoms with van der Waals surface area (Å²) in [6.45, 7) is 0. The van der Waals surface area contributed by atoms with E-state index in [9.17, 15) is 8.42 Å². The van der Waals surface area contributed by atoms with Gasteiger partial charge in [0.2, 0.25) is 0 Å². The number of hydrogen-bond acceptors (Lipinski definition) is 3. The second-order valence-electron chi connectivity index (χ2n) is 2.47. The predicted molar refractivity (Wildman–Crippen MR) is 55.1 cm³/mol. The molecule has 1 aliphatic rings. The summed E-state index contributed by atoms with van der Waals surface area (Å²) >= 11 is -0.143. The molecule has 4 nitrogen and oxygen atoms in total. The fraction of sp³-hybridized carbons (Fsp3) is 0.333. The molecule has 0 saturated heterocycles. The highest BCUT2D eigenvalue weighted by atomic mass is 32.2. The summed E-state index contributed by atoms with van der Waals surface area (Å²) in [4.78, 5) is 0.663. The summed E-state index contributed by atoms with van der Waals surface area (Å²) < 4.78 is 38.9. The van der Waals surface area contributed by atoms with Crippen LogP contribution in [-0.4, -0.2) is 22.8 Å². The summed E-state index contributed by atoms with van der Waals surface area (Å²) in [5.74, 6) is 0.